The lowest BCUT2D eigenvalue weighted by molar-refractivity contribution is -0.148. The van der Waals surface area contributed by atoms with Gasteiger partial charge in [-0.05, 0) is 68.7 Å². The van der Waals surface area contributed by atoms with Crippen LogP contribution >= 0.6 is 22.7 Å². The van der Waals surface area contributed by atoms with Gasteiger partial charge in [-0.25, -0.2) is 19.9 Å². The highest BCUT2D eigenvalue weighted by atomic mass is 32.1. The minimum absolute atomic E-state index is 0.0647. The van der Waals surface area contributed by atoms with Crippen molar-refractivity contribution in [3.63, 3.8) is 0 Å². The van der Waals surface area contributed by atoms with Gasteiger partial charge in [0.15, 0.2) is 0 Å². The molecule has 16 heteroatoms. The van der Waals surface area contributed by atoms with E-state index in [1.165, 1.54) is 16.0 Å². The molecule has 0 spiro atoms. The van der Waals surface area contributed by atoms with Crippen LogP contribution in [0.2, 0.25) is 0 Å². The van der Waals surface area contributed by atoms with E-state index in [1.807, 2.05) is 37.7 Å². The Hall–Kier alpha value is -5.74. The first-order chi connectivity index (χ1) is 26.4. The van der Waals surface area contributed by atoms with Gasteiger partial charge in [-0.3, -0.25) is 29.5 Å². The molecule has 54 heavy (non-hydrogen) atoms. The monoisotopic (exact) mass is 758 g/mol. The van der Waals surface area contributed by atoms with Crippen molar-refractivity contribution in [2.75, 3.05) is 17.2 Å². The number of aromatic nitrogens is 6. The highest BCUT2D eigenvalue weighted by molar-refractivity contribution is 7.19. The first kappa shape index (κ1) is 34.1. The summed E-state index contributed by atoms with van der Waals surface area (Å²) < 4.78 is 5.22. The molecule has 0 bridgehead atoms. The lowest BCUT2D eigenvalue weighted by Gasteiger charge is -2.20. The molecule has 0 amide bonds. The molecule has 272 valence electrons. The molecule has 0 unspecified atom stereocenters. The number of carboxylic acids is 1. The smallest absolute Gasteiger partial charge is 0.309 e. The van der Waals surface area contributed by atoms with Crippen molar-refractivity contribution in [2.24, 2.45) is 21.8 Å². The van der Waals surface area contributed by atoms with Gasteiger partial charge >= 0.3 is 11.9 Å². The van der Waals surface area contributed by atoms with Crippen LogP contribution in [0.3, 0.4) is 0 Å². The van der Waals surface area contributed by atoms with Gasteiger partial charge in [0.05, 0.1) is 77.5 Å². The Morgan fingerprint density at radius 1 is 0.759 bits per heavy atom. The molecule has 6 aromatic heterocycles. The lowest BCUT2D eigenvalue weighted by Crippen LogP contribution is -2.23. The molecular weight excluding hydrogens is 725 g/mol. The van der Waals surface area contributed by atoms with Crippen molar-refractivity contribution in [3.05, 3.63) is 80.6 Å². The average Bonchev–Trinajstić information content (AvgIpc) is 3.99. The number of hydrogen-bond donors (Lipinski definition) is 3. The van der Waals surface area contributed by atoms with Crippen molar-refractivity contribution in [2.45, 2.75) is 58.5 Å². The van der Waals surface area contributed by atoms with Gasteiger partial charge < -0.3 is 20.5 Å². The largest absolute Gasteiger partial charge is 0.481 e. The number of ether oxygens (including phenoxy) is 1. The summed E-state index contributed by atoms with van der Waals surface area (Å²) in [4.78, 5) is 62.9. The third-order valence-corrected chi connectivity index (χ3v) is 12.5. The number of esters is 1. The molecule has 14 nitrogen and oxygen atoms in total. The van der Waals surface area contributed by atoms with Crippen LogP contribution in [-0.4, -0.2) is 66.0 Å². The summed E-state index contributed by atoms with van der Waals surface area (Å²) >= 11 is 3.22. The van der Waals surface area contributed by atoms with E-state index in [4.69, 9.17) is 4.74 Å². The van der Waals surface area contributed by atoms with Crippen LogP contribution in [0.25, 0.3) is 20.4 Å². The standard InChI is InChI=1S/C20H19N5O2S.C18H15N5O2S/c1-2-27-20(26)11-3-4-14-16(6-11)28-19-17(14)18(23-10-24-19)25-13-5-12-7-21-9-15(12)22-8-13;24-18(25)9-1-2-12-14(4-9)26-17-15(12)16(21-8-22-17)23-11-3-10-5-19-7-13(10)20-6-11/h5,7-8,10-11H,2-4,6,9H2,1H3,(H,23,24,25);3,5-6,8-9H,1-2,4,7H2,(H,24,25)(H,21,22,23)/t11-;9-/m00/s1. The van der Waals surface area contributed by atoms with E-state index in [2.05, 4.69) is 50.5 Å². The van der Waals surface area contributed by atoms with Crippen LogP contribution in [0.5, 0.6) is 0 Å². The summed E-state index contributed by atoms with van der Waals surface area (Å²) in [5.41, 5.74) is 8.22. The van der Waals surface area contributed by atoms with E-state index in [-0.39, 0.29) is 17.8 Å². The van der Waals surface area contributed by atoms with Gasteiger partial charge in [0, 0.05) is 33.3 Å². The molecule has 2 aliphatic heterocycles. The highest BCUT2D eigenvalue weighted by Crippen LogP contribution is 2.42. The maximum absolute atomic E-state index is 12.1. The number of anilines is 4. The normalized spacial score (nSPS) is 17.6. The molecule has 3 N–H and O–H groups in total. The number of hydrogen-bond acceptors (Lipinski definition) is 15. The van der Waals surface area contributed by atoms with Gasteiger partial charge in [0.1, 0.15) is 34.0 Å². The first-order valence-electron chi connectivity index (χ1n) is 17.8. The van der Waals surface area contributed by atoms with Gasteiger partial charge in [-0.2, -0.15) is 0 Å². The number of carbonyl (C=O) groups is 2. The maximum Gasteiger partial charge on any atom is 0.309 e. The first-order valence-corrected chi connectivity index (χ1v) is 19.5. The van der Waals surface area contributed by atoms with Gasteiger partial charge in [0.25, 0.3) is 0 Å². The lowest BCUT2D eigenvalue weighted by atomic mass is 9.88. The number of aliphatic imine (C=N–C) groups is 2. The third kappa shape index (κ3) is 6.44. The number of nitrogens with one attached hydrogen (secondary N) is 2. The molecule has 0 fully saturated rings. The van der Waals surface area contributed by atoms with Crippen molar-refractivity contribution in [3.8, 4) is 0 Å². The molecule has 2 aliphatic carbocycles. The number of carboxylic acid groups (broad SMARTS) is 1. The third-order valence-electron chi connectivity index (χ3n) is 10.1. The Morgan fingerprint density at radius 2 is 1.28 bits per heavy atom. The van der Waals surface area contributed by atoms with Gasteiger partial charge in [-0.15, -0.1) is 22.7 Å². The highest BCUT2D eigenvalue weighted by Gasteiger charge is 2.31. The molecule has 0 saturated heterocycles. The zero-order valence-electron chi connectivity index (χ0n) is 29.2. The Labute approximate surface area is 317 Å². The van der Waals surface area contributed by atoms with Crippen molar-refractivity contribution in [1.29, 1.82) is 0 Å². The van der Waals surface area contributed by atoms with E-state index in [0.29, 0.717) is 39.0 Å². The van der Waals surface area contributed by atoms with E-state index in [9.17, 15) is 14.7 Å². The maximum atomic E-state index is 12.1. The van der Waals surface area contributed by atoms with Gasteiger partial charge in [-0.1, -0.05) is 0 Å². The summed E-state index contributed by atoms with van der Waals surface area (Å²) in [7, 11) is 0. The fourth-order valence-electron chi connectivity index (χ4n) is 7.46. The fourth-order valence-corrected chi connectivity index (χ4v) is 10.00. The fraction of sp³-hybridized carbons (Fsp3) is 0.316. The number of aryl methyl sites for hydroxylation is 2. The number of aliphatic carboxylic acids is 1. The molecule has 2 atom stereocenters. The second kappa shape index (κ2) is 14.2. The number of thiophene rings is 2. The minimum Gasteiger partial charge on any atom is -0.481 e. The van der Waals surface area contributed by atoms with Crippen LogP contribution in [-0.2, 0) is 53.1 Å². The number of pyridine rings is 2. The molecule has 10 rings (SSSR count). The Morgan fingerprint density at radius 3 is 1.80 bits per heavy atom. The SMILES string of the molecule is CCOC(=O)[C@H]1CCc2c(sc3ncnc(Nc4cnc5c(c4)C=NC5)c23)C1.O=C(O)[C@H]1CCc2c(sc3ncnc(Nc4cnc5c(c4)C=NC5)c23)C1. The Bertz CT molecular complexity index is 2530. The molecule has 0 radical (unpaired) electrons. The predicted molar refractivity (Wildman–Crippen MR) is 208 cm³/mol. The zero-order valence-corrected chi connectivity index (χ0v) is 30.8. The number of rotatable bonds is 7. The summed E-state index contributed by atoms with van der Waals surface area (Å²) in [5, 5.41) is 18.1. The minimum atomic E-state index is -0.719. The Kier molecular flexibility index (Phi) is 8.98. The zero-order chi connectivity index (χ0) is 36.8. The van der Waals surface area contributed by atoms with Crippen LogP contribution in [0.15, 0.2) is 47.2 Å². The molecule has 6 aromatic rings. The Balaban J connectivity index is 0.000000143. The second-order valence-electron chi connectivity index (χ2n) is 13.5. The van der Waals surface area contributed by atoms with E-state index in [1.54, 1.807) is 41.5 Å². The summed E-state index contributed by atoms with van der Waals surface area (Å²) in [6, 6.07) is 4.06. The van der Waals surface area contributed by atoms with Crippen LogP contribution in [0.4, 0.5) is 23.0 Å². The molecule has 4 aliphatic rings. The molecule has 0 saturated carbocycles. The second-order valence-corrected chi connectivity index (χ2v) is 15.7. The van der Waals surface area contributed by atoms with Crippen molar-refractivity contribution < 1.29 is 19.4 Å². The van der Waals surface area contributed by atoms with Crippen LogP contribution in [0, 0.1) is 11.8 Å². The predicted octanol–water partition coefficient (Wildman–Crippen LogP) is 6.38. The van der Waals surface area contributed by atoms with Crippen LogP contribution in [0.1, 0.15) is 63.2 Å². The van der Waals surface area contributed by atoms with Gasteiger partial charge in [0.2, 0.25) is 0 Å². The quantitative estimate of drug-likeness (QED) is 0.153. The summed E-state index contributed by atoms with van der Waals surface area (Å²) in [6.45, 7) is 3.55. The summed E-state index contributed by atoms with van der Waals surface area (Å²) in [6.07, 6.45) is 14.7. The topological polar surface area (TPSA) is 190 Å². The van der Waals surface area contributed by atoms with E-state index >= 15 is 0 Å². The van der Waals surface area contributed by atoms with Crippen molar-refractivity contribution in [1.82, 2.24) is 29.9 Å². The van der Waals surface area contributed by atoms with Crippen molar-refractivity contribution >= 4 is 90.5 Å². The number of fused-ring (bicyclic) bond motifs is 8. The molecular formula is C38H34N10O4S2. The molecule has 0 aromatic carbocycles. The van der Waals surface area contributed by atoms with E-state index in [0.717, 1.165) is 90.1 Å². The average molecular weight is 759 g/mol. The molecule has 8 heterocycles. The number of carbonyl (C=O) groups excluding carboxylic acids is 1. The van der Waals surface area contributed by atoms with E-state index < -0.39 is 5.97 Å². The van der Waals surface area contributed by atoms with Crippen LogP contribution < -0.4 is 10.6 Å². The summed E-state index contributed by atoms with van der Waals surface area (Å²) in [5.74, 6) is 0.348. The number of nitrogens with zero attached hydrogens (tertiary/aromatic N) is 8.